The molecule has 0 saturated carbocycles. The fourth-order valence-corrected chi connectivity index (χ4v) is 3.05. The highest BCUT2D eigenvalue weighted by Crippen LogP contribution is 2.32. The molecule has 0 atom stereocenters. The van der Waals surface area contributed by atoms with Crippen LogP contribution in [0, 0.1) is 6.92 Å². The Bertz CT molecular complexity index is 916. The largest absolute Gasteiger partial charge is 0.467 e. The van der Waals surface area contributed by atoms with Crippen LogP contribution >= 0.6 is 11.6 Å². The maximum Gasteiger partial charge on any atom is 0.292 e. The molecule has 0 aliphatic carbocycles. The number of hydrogen-bond donors (Lipinski definition) is 0. The fourth-order valence-electron chi connectivity index (χ4n) is 2.91. The standard InChI is InChI=1S/C15H14ClN5O2/c1-9-8-23-12-3-4-21(19(2)14(9)12)15(22)11-5-13-17-6-10(16)7-20(13)18-11/h5-8H,3-4H2,1-2H3. The first kappa shape index (κ1) is 14.1. The number of furan rings is 1. The van der Waals surface area contributed by atoms with Crippen LogP contribution in [0.5, 0.6) is 0 Å². The minimum absolute atomic E-state index is 0.180. The lowest BCUT2D eigenvalue weighted by Crippen LogP contribution is -2.48. The van der Waals surface area contributed by atoms with Crippen LogP contribution in [-0.4, -0.2) is 39.1 Å². The second kappa shape index (κ2) is 4.99. The van der Waals surface area contributed by atoms with Crippen LogP contribution in [0.1, 0.15) is 21.8 Å². The summed E-state index contributed by atoms with van der Waals surface area (Å²) in [6.45, 7) is 2.50. The second-order valence-corrected chi connectivity index (χ2v) is 5.93. The number of rotatable bonds is 1. The first-order valence-electron chi connectivity index (χ1n) is 7.18. The van der Waals surface area contributed by atoms with Gasteiger partial charge in [0, 0.05) is 31.3 Å². The normalized spacial score (nSPS) is 14.4. The fraction of sp³-hybridized carbons (Fsp3) is 0.267. The molecule has 3 aromatic rings. The maximum absolute atomic E-state index is 12.8. The van der Waals surface area contributed by atoms with Gasteiger partial charge in [-0.3, -0.25) is 9.80 Å². The molecule has 3 aromatic heterocycles. The highest BCUT2D eigenvalue weighted by Gasteiger charge is 2.31. The number of aryl methyl sites for hydroxylation is 1. The molecular weight excluding hydrogens is 318 g/mol. The van der Waals surface area contributed by atoms with Gasteiger partial charge in [-0.2, -0.15) is 5.10 Å². The van der Waals surface area contributed by atoms with Crippen LogP contribution < -0.4 is 5.01 Å². The number of aromatic nitrogens is 3. The van der Waals surface area contributed by atoms with E-state index < -0.39 is 0 Å². The van der Waals surface area contributed by atoms with Gasteiger partial charge in [0.25, 0.3) is 5.91 Å². The topological polar surface area (TPSA) is 66.9 Å². The van der Waals surface area contributed by atoms with Crippen molar-refractivity contribution >= 4 is 28.8 Å². The van der Waals surface area contributed by atoms with E-state index in [1.54, 1.807) is 23.5 Å². The minimum Gasteiger partial charge on any atom is -0.467 e. The van der Waals surface area contributed by atoms with E-state index in [-0.39, 0.29) is 5.91 Å². The number of amides is 1. The quantitative estimate of drug-likeness (QED) is 0.684. The number of carbonyl (C=O) groups is 1. The molecule has 0 radical (unpaired) electrons. The second-order valence-electron chi connectivity index (χ2n) is 5.50. The third kappa shape index (κ3) is 2.16. The Kier molecular flexibility index (Phi) is 3.05. The number of anilines is 1. The third-order valence-corrected chi connectivity index (χ3v) is 4.18. The number of halogens is 1. The first-order valence-corrected chi connectivity index (χ1v) is 7.56. The van der Waals surface area contributed by atoms with Crippen molar-refractivity contribution in [2.45, 2.75) is 13.3 Å². The van der Waals surface area contributed by atoms with Crippen molar-refractivity contribution in [2.24, 2.45) is 0 Å². The van der Waals surface area contributed by atoms with E-state index in [0.29, 0.717) is 29.3 Å². The van der Waals surface area contributed by atoms with Crippen molar-refractivity contribution in [3.63, 3.8) is 0 Å². The summed E-state index contributed by atoms with van der Waals surface area (Å²) in [6, 6.07) is 1.66. The molecule has 23 heavy (non-hydrogen) atoms. The molecule has 0 fully saturated rings. The Morgan fingerprint density at radius 3 is 3.09 bits per heavy atom. The van der Waals surface area contributed by atoms with E-state index in [9.17, 15) is 4.79 Å². The van der Waals surface area contributed by atoms with Gasteiger partial charge >= 0.3 is 0 Å². The molecule has 1 aliphatic heterocycles. The first-order chi connectivity index (χ1) is 11.0. The zero-order chi connectivity index (χ0) is 16.1. The van der Waals surface area contributed by atoms with Gasteiger partial charge in [-0.1, -0.05) is 11.6 Å². The Morgan fingerprint density at radius 1 is 1.43 bits per heavy atom. The number of hydrogen-bond acceptors (Lipinski definition) is 5. The van der Waals surface area contributed by atoms with Crippen LogP contribution in [-0.2, 0) is 6.42 Å². The summed E-state index contributed by atoms with van der Waals surface area (Å²) < 4.78 is 7.04. The van der Waals surface area contributed by atoms with Gasteiger partial charge < -0.3 is 4.42 Å². The predicted octanol–water partition coefficient (Wildman–Crippen LogP) is 2.33. The number of carbonyl (C=O) groups excluding carboxylic acids is 1. The molecule has 0 aromatic carbocycles. The van der Waals surface area contributed by atoms with Crippen molar-refractivity contribution in [1.82, 2.24) is 19.6 Å². The molecule has 4 heterocycles. The van der Waals surface area contributed by atoms with Gasteiger partial charge in [-0.05, 0) is 6.92 Å². The molecular formula is C15H14ClN5O2. The number of nitrogens with zero attached hydrogens (tertiary/aromatic N) is 5. The summed E-state index contributed by atoms with van der Waals surface area (Å²) in [5.41, 5.74) is 2.85. The lowest BCUT2D eigenvalue weighted by molar-refractivity contribution is 0.0728. The molecule has 1 aliphatic rings. The molecule has 118 valence electrons. The SMILES string of the molecule is Cc1coc2c1N(C)N(C(=O)c1cc3ncc(Cl)cn3n1)CC2. The summed E-state index contributed by atoms with van der Waals surface area (Å²) >= 11 is 5.90. The van der Waals surface area contributed by atoms with Crippen molar-refractivity contribution in [1.29, 1.82) is 0 Å². The summed E-state index contributed by atoms with van der Waals surface area (Å²) in [5, 5.41) is 8.23. The molecule has 4 rings (SSSR count). The van der Waals surface area contributed by atoms with E-state index in [2.05, 4.69) is 10.1 Å². The van der Waals surface area contributed by atoms with Crippen LogP contribution in [0.2, 0.25) is 5.02 Å². The average molecular weight is 332 g/mol. The van der Waals surface area contributed by atoms with E-state index >= 15 is 0 Å². The zero-order valence-corrected chi connectivity index (χ0v) is 13.4. The molecule has 0 saturated heterocycles. The van der Waals surface area contributed by atoms with Gasteiger partial charge in [0.1, 0.15) is 11.4 Å². The van der Waals surface area contributed by atoms with Crippen molar-refractivity contribution in [3.8, 4) is 0 Å². The van der Waals surface area contributed by atoms with E-state index in [4.69, 9.17) is 16.0 Å². The Hall–Kier alpha value is -2.54. The molecule has 1 amide bonds. The summed E-state index contributed by atoms with van der Waals surface area (Å²) in [5.74, 6) is 0.720. The van der Waals surface area contributed by atoms with Crippen molar-refractivity contribution in [3.05, 3.63) is 46.8 Å². The zero-order valence-electron chi connectivity index (χ0n) is 12.7. The predicted molar refractivity (Wildman–Crippen MR) is 84.6 cm³/mol. The van der Waals surface area contributed by atoms with Gasteiger partial charge in [0.2, 0.25) is 0 Å². The van der Waals surface area contributed by atoms with Gasteiger partial charge in [-0.25, -0.2) is 14.5 Å². The smallest absolute Gasteiger partial charge is 0.292 e. The monoisotopic (exact) mass is 331 g/mol. The number of hydrazine groups is 1. The van der Waals surface area contributed by atoms with Crippen molar-refractivity contribution in [2.75, 3.05) is 18.6 Å². The van der Waals surface area contributed by atoms with Gasteiger partial charge in [0.05, 0.1) is 24.0 Å². The lowest BCUT2D eigenvalue weighted by Gasteiger charge is -2.36. The molecule has 0 unspecified atom stereocenters. The molecule has 8 heteroatoms. The Balaban J connectivity index is 1.69. The highest BCUT2D eigenvalue weighted by molar-refractivity contribution is 6.30. The third-order valence-electron chi connectivity index (χ3n) is 3.99. The van der Waals surface area contributed by atoms with Crippen LogP contribution in [0.3, 0.4) is 0 Å². The lowest BCUT2D eigenvalue weighted by atomic mass is 10.2. The van der Waals surface area contributed by atoms with E-state index in [0.717, 1.165) is 17.0 Å². The van der Waals surface area contributed by atoms with Gasteiger partial charge in [-0.15, -0.1) is 0 Å². The van der Waals surface area contributed by atoms with Crippen LogP contribution in [0.4, 0.5) is 5.69 Å². The summed E-state index contributed by atoms with van der Waals surface area (Å²) in [4.78, 5) is 17.0. The molecule has 0 N–H and O–H groups in total. The van der Waals surface area contributed by atoms with Crippen molar-refractivity contribution < 1.29 is 9.21 Å². The molecule has 0 spiro atoms. The molecule has 0 bridgehead atoms. The summed E-state index contributed by atoms with van der Waals surface area (Å²) in [6.07, 6.45) is 5.54. The Morgan fingerprint density at radius 2 is 2.26 bits per heavy atom. The number of fused-ring (bicyclic) bond motifs is 2. The molecule has 7 nitrogen and oxygen atoms in total. The van der Waals surface area contributed by atoms with Crippen LogP contribution in [0.15, 0.2) is 29.1 Å². The summed E-state index contributed by atoms with van der Waals surface area (Å²) in [7, 11) is 1.85. The Labute approximate surface area is 137 Å². The minimum atomic E-state index is -0.180. The van der Waals surface area contributed by atoms with Crippen LogP contribution in [0.25, 0.3) is 5.65 Å². The highest BCUT2D eigenvalue weighted by atomic mass is 35.5. The van der Waals surface area contributed by atoms with E-state index in [1.807, 2.05) is 19.0 Å². The maximum atomic E-state index is 12.8. The van der Waals surface area contributed by atoms with E-state index in [1.165, 1.54) is 10.7 Å². The average Bonchev–Trinajstić information content (AvgIpc) is 3.11. The van der Waals surface area contributed by atoms with Gasteiger partial charge in [0.15, 0.2) is 11.3 Å².